The second-order valence-corrected chi connectivity index (χ2v) is 6.81. The van der Waals surface area contributed by atoms with E-state index < -0.39 is 6.10 Å². The van der Waals surface area contributed by atoms with E-state index in [0.717, 1.165) is 18.5 Å². The zero-order chi connectivity index (χ0) is 17.4. The van der Waals surface area contributed by atoms with E-state index in [9.17, 15) is 9.90 Å². The summed E-state index contributed by atoms with van der Waals surface area (Å²) < 4.78 is 3.54. The van der Waals surface area contributed by atoms with Crippen molar-refractivity contribution in [3.8, 4) is 0 Å². The molecule has 7 heteroatoms. The van der Waals surface area contributed by atoms with Gasteiger partial charge in [-0.05, 0) is 31.4 Å². The van der Waals surface area contributed by atoms with Crippen molar-refractivity contribution in [1.29, 1.82) is 0 Å². The third-order valence-electron chi connectivity index (χ3n) is 5.10. The number of fused-ring (bicyclic) bond motifs is 1. The Balaban J connectivity index is 1.47. The van der Waals surface area contributed by atoms with E-state index in [0.29, 0.717) is 37.4 Å². The Morgan fingerprint density at radius 1 is 1.40 bits per heavy atom. The van der Waals surface area contributed by atoms with E-state index in [-0.39, 0.29) is 5.91 Å². The number of allylic oxidation sites excluding steroid dienone is 1. The molecule has 132 valence electrons. The fourth-order valence-corrected chi connectivity index (χ4v) is 3.64. The molecule has 2 aliphatic rings. The van der Waals surface area contributed by atoms with Crippen LogP contribution in [-0.4, -0.2) is 42.0 Å². The summed E-state index contributed by atoms with van der Waals surface area (Å²) in [5.41, 5.74) is 3.55. The predicted molar refractivity (Wildman–Crippen MR) is 91.5 cm³/mol. The number of carbonyl (C=O) groups excluding carboxylic acids is 1. The third-order valence-corrected chi connectivity index (χ3v) is 5.10. The van der Waals surface area contributed by atoms with Crippen molar-refractivity contribution >= 4 is 5.91 Å². The highest BCUT2D eigenvalue weighted by Crippen LogP contribution is 2.25. The fourth-order valence-electron chi connectivity index (χ4n) is 3.64. The lowest BCUT2D eigenvalue weighted by molar-refractivity contribution is -0.132. The van der Waals surface area contributed by atoms with Crippen LogP contribution in [0.4, 0.5) is 0 Å². The normalized spacial score (nSPS) is 18.2. The number of hydrogen-bond donors (Lipinski definition) is 1. The first-order chi connectivity index (χ1) is 12.1. The van der Waals surface area contributed by atoms with E-state index in [1.807, 2.05) is 15.6 Å². The van der Waals surface area contributed by atoms with Crippen LogP contribution in [-0.2, 0) is 24.9 Å². The molecule has 1 atom stereocenters. The van der Waals surface area contributed by atoms with Gasteiger partial charge in [-0.25, -0.2) is 0 Å². The number of rotatable bonds is 4. The van der Waals surface area contributed by atoms with Gasteiger partial charge >= 0.3 is 0 Å². The van der Waals surface area contributed by atoms with Gasteiger partial charge in [0.25, 0.3) is 0 Å². The minimum absolute atomic E-state index is 0.189. The van der Waals surface area contributed by atoms with Crippen LogP contribution in [0.25, 0.3) is 0 Å². The van der Waals surface area contributed by atoms with Gasteiger partial charge in [-0.1, -0.05) is 11.6 Å². The summed E-state index contributed by atoms with van der Waals surface area (Å²) in [6.45, 7) is 1.89. The summed E-state index contributed by atoms with van der Waals surface area (Å²) in [6.07, 6.45) is 6.92. The van der Waals surface area contributed by atoms with Gasteiger partial charge in [-0.2, -0.15) is 10.2 Å². The maximum atomic E-state index is 12.5. The smallest absolute Gasteiger partial charge is 0.227 e. The molecule has 4 rings (SSSR count). The molecule has 0 bridgehead atoms. The van der Waals surface area contributed by atoms with E-state index in [1.54, 1.807) is 24.0 Å². The molecule has 0 saturated carbocycles. The van der Waals surface area contributed by atoms with E-state index in [4.69, 9.17) is 0 Å². The lowest BCUT2D eigenvalue weighted by Gasteiger charge is -2.28. The Kier molecular flexibility index (Phi) is 4.17. The van der Waals surface area contributed by atoms with Crippen molar-refractivity contribution in [1.82, 2.24) is 24.5 Å². The van der Waals surface area contributed by atoms with E-state index in [1.165, 1.54) is 12.0 Å². The minimum atomic E-state index is -0.807. The number of hydrogen-bond acceptors (Lipinski definition) is 4. The molecule has 0 radical (unpaired) electrons. The minimum Gasteiger partial charge on any atom is -0.380 e. The Labute approximate surface area is 146 Å². The summed E-state index contributed by atoms with van der Waals surface area (Å²) in [4.78, 5) is 14.4. The molecule has 0 spiro atoms. The van der Waals surface area contributed by atoms with Gasteiger partial charge in [-0.3, -0.25) is 14.2 Å². The van der Waals surface area contributed by atoms with Crippen LogP contribution in [0.15, 0.2) is 30.0 Å². The molecule has 0 saturated heterocycles. The van der Waals surface area contributed by atoms with Gasteiger partial charge < -0.3 is 10.0 Å². The molecule has 0 unspecified atom stereocenters. The Morgan fingerprint density at radius 3 is 3.00 bits per heavy atom. The van der Waals surface area contributed by atoms with Crippen LogP contribution in [0.2, 0.25) is 0 Å². The van der Waals surface area contributed by atoms with Crippen LogP contribution < -0.4 is 0 Å². The highest BCUT2D eigenvalue weighted by molar-refractivity contribution is 5.78. The molecular weight excluding hydrogens is 318 g/mol. The van der Waals surface area contributed by atoms with Crippen LogP contribution >= 0.6 is 0 Å². The van der Waals surface area contributed by atoms with Crippen molar-refractivity contribution in [2.75, 3.05) is 6.54 Å². The summed E-state index contributed by atoms with van der Waals surface area (Å²) in [6, 6.07) is 3.68. The monoisotopic (exact) mass is 341 g/mol. The van der Waals surface area contributed by atoms with Crippen molar-refractivity contribution in [2.45, 2.75) is 44.9 Å². The van der Waals surface area contributed by atoms with Crippen LogP contribution in [0, 0.1) is 0 Å². The van der Waals surface area contributed by atoms with Crippen LogP contribution in [0.1, 0.15) is 48.9 Å². The molecular formula is C18H23N5O2. The molecule has 2 aromatic rings. The summed E-state index contributed by atoms with van der Waals surface area (Å²) >= 11 is 0. The highest BCUT2D eigenvalue weighted by atomic mass is 16.3. The van der Waals surface area contributed by atoms with Gasteiger partial charge in [0, 0.05) is 26.2 Å². The Morgan fingerprint density at radius 2 is 2.28 bits per heavy atom. The van der Waals surface area contributed by atoms with Gasteiger partial charge in [0.2, 0.25) is 5.91 Å². The first kappa shape index (κ1) is 16.1. The van der Waals surface area contributed by atoms with Gasteiger partial charge in [-0.15, -0.1) is 0 Å². The average Bonchev–Trinajstić information content (AvgIpc) is 3.33. The maximum Gasteiger partial charge on any atom is 0.227 e. The maximum absolute atomic E-state index is 12.5. The molecule has 1 aliphatic heterocycles. The SMILES string of the molecule is Cn1nccc1[C@H](O)c1cc2n(n1)CCN(C(=O)CC1=CCCC1)C2. The van der Waals surface area contributed by atoms with Crippen molar-refractivity contribution in [2.24, 2.45) is 7.05 Å². The molecule has 3 heterocycles. The highest BCUT2D eigenvalue weighted by Gasteiger charge is 2.26. The lowest BCUT2D eigenvalue weighted by Crippen LogP contribution is -2.38. The van der Waals surface area contributed by atoms with Crippen molar-refractivity contribution in [3.63, 3.8) is 0 Å². The molecule has 7 nitrogen and oxygen atoms in total. The Bertz CT molecular complexity index is 819. The fraction of sp³-hybridized carbons (Fsp3) is 0.500. The number of aryl methyl sites for hydroxylation is 1. The van der Waals surface area contributed by atoms with Crippen molar-refractivity contribution < 1.29 is 9.90 Å². The number of aromatic nitrogens is 4. The first-order valence-electron chi connectivity index (χ1n) is 8.80. The first-order valence-corrected chi connectivity index (χ1v) is 8.80. The largest absolute Gasteiger partial charge is 0.380 e. The average molecular weight is 341 g/mol. The molecule has 25 heavy (non-hydrogen) atoms. The topological polar surface area (TPSA) is 76.2 Å². The second-order valence-electron chi connectivity index (χ2n) is 6.81. The number of aliphatic hydroxyl groups is 1. The quantitative estimate of drug-likeness (QED) is 0.856. The number of nitrogens with zero attached hydrogens (tertiary/aromatic N) is 5. The summed E-state index contributed by atoms with van der Waals surface area (Å²) in [5, 5.41) is 19.2. The molecule has 0 aromatic carbocycles. The number of amides is 1. The van der Waals surface area contributed by atoms with Crippen LogP contribution in [0.5, 0.6) is 0 Å². The lowest BCUT2D eigenvalue weighted by atomic mass is 10.1. The number of aliphatic hydroxyl groups excluding tert-OH is 1. The standard InChI is InChI=1S/C18H23N5O2/c1-21-16(6-7-19-21)18(25)15-11-14-12-22(8-9-23(14)20-15)17(24)10-13-4-2-3-5-13/h4,6-7,11,18,25H,2-3,5,8-10,12H2,1H3/t18-/m1/s1. The summed E-state index contributed by atoms with van der Waals surface area (Å²) in [5.74, 6) is 0.189. The molecule has 1 aliphatic carbocycles. The van der Waals surface area contributed by atoms with E-state index in [2.05, 4.69) is 16.3 Å². The summed E-state index contributed by atoms with van der Waals surface area (Å²) in [7, 11) is 1.80. The molecule has 1 N–H and O–H groups in total. The zero-order valence-corrected chi connectivity index (χ0v) is 14.4. The molecule has 0 fully saturated rings. The van der Waals surface area contributed by atoms with Crippen molar-refractivity contribution in [3.05, 3.63) is 47.1 Å². The Hall–Kier alpha value is -2.41. The predicted octanol–water partition coefficient (Wildman–Crippen LogP) is 1.54. The zero-order valence-electron chi connectivity index (χ0n) is 14.4. The van der Waals surface area contributed by atoms with Gasteiger partial charge in [0.15, 0.2) is 0 Å². The third kappa shape index (κ3) is 3.11. The number of carbonyl (C=O) groups is 1. The second kappa shape index (κ2) is 6.48. The molecule has 1 amide bonds. The van der Waals surface area contributed by atoms with E-state index >= 15 is 0 Å². The van der Waals surface area contributed by atoms with Gasteiger partial charge in [0.05, 0.1) is 30.2 Å². The molecule has 2 aromatic heterocycles. The van der Waals surface area contributed by atoms with Gasteiger partial charge in [0.1, 0.15) is 6.10 Å². The van der Waals surface area contributed by atoms with Crippen LogP contribution in [0.3, 0.4) is 0 Å².